The largest absolute Gasteiger partial charge is 0.532 e. The van der Waals surface area contributed by atoms with Crippen molar-refractivity contribution in [1.82, 2.24) is 5.43 Å². The lowest BCUT2D eigenvalue weighted by atomic mass is 9.99. The normalized spacial score (nSPS) is 15.2. The first-order chi connectivity index (χ1) is 14.5. The van der Waals surface area contributed by atoms with E-state index in [0.29, 0.717) is 16.8 Å². The SMILES string of the molecule is Cc1ccc(C(=O)/C(c2ccc(C)cc2)=[N+]2\NC(=O)N(c3ccccc3)C2=O)cc1. The fourth-order valence-electron chi connectivity index (χ4n) is 3.25. The Morgan fingerprint density at radius 2 is 1.30 bits per heavy atom. The van der Waals surface area contributed by atoms with Gasteiger partial charge in [0, 0.05) is 11.1 Å². The number of carbonyl (C=O) groups excluding carboxylic acids is 3. The number of nitrogens with one attached hydrogen (secondary N) is 1. The molecule has 6 nitrogen and oxygen atoms in total. The van der Waals surface area contributed by atoms with E-state index in [9.17, 15) is 14.4 Å². The van der Waals surface area contributed by atoms with Crippen LogP contribution in [0.5, 0.6) is 0 Å². The Bertz CT molecular complexity index is 1160. The molecule has 1 aliphatic rings. The number of hydrazone groups is 1. The zero-order valence-electron chi connectivity index (χ0n) is 16.6. The minimum absolute atomic E-state index is 0.0932. The maximum atomic E-state index is 13.4. The summed E-state index contributed by atoms with van der Waals surface area (Å²) in [6.07, 6.45) is 0. The molecule has 30 heavy (non-hydrogen) atoms. The Labute approximate surface area is 174 Å². The second-order valence-electron chi connectivity index (χ2n) is 7.12. The molecular formula is C24H20N3O3+. The molecule has 1 heterocycles. The van der Waals surface area contributed by atoms with Crippen LogP contribution >= 0.6 is 0 Å². The lowest BCUT2D eigenvalue weighted by Crippen LogP contribution is -2.37. The van der Waals surface area contributed by atoms with E-state index in [0.717, 1.165) is 20.7 Å². The van der Waals surface area contributed by atoms with Gasteiger partial charge in [-0.2, -0.15) is 4.79 Å². The fourth-order valence-corrected chi connectivity index (χ4v) is 3.25. The molecule has 3 aromatic rings. The molecule has 0 atom stereocenters. The summed E-state index contributed by atoms with van der Waals surface area (Å²) in [7, 11) is 0. The van der Waals surface area contributed by atoms with Crippen molar-refractivity contribution in [2.75, 3.05) is 4.90 Å². The van der Waals surface area contributed by atoms with E-state index < -0.39 is 12.1 Å². The van der Waals surface area contributed by atoms with Crippen LogP contribution in [0, 0.1) is 13.8 Å². The number of amides is 4. The quantitative estimate of drug-likeness (QED) is 0.528. The fraction of sp³-hybridized carbons (Fsp3) is 0.0833. The summed E-state index contributed by atoms with van der Waals surface area (Å²) in [5.41, 5.74) is 6.06. The molecule has 3 aromatic carbocycles. The van der Waals surface area contributed by atoms with Gasteiger partial charge in [0.05, 0.1) is 0 Å². The molecule has 0 aliphatic carbocycles. The summed E-state index contributed by atoms with van der Waals surface area (Å²) >= 11 is 0. The summed E-state index contributed by atoms with van der Waals surface area (Å²) in [4.78, 5) is 40.2. The average molecular weight is 398 g/mol. The first-order valence-electron chi connectivity index (χ1n) is 9.51. The van der Waals surface area contributed by atoms with Gasteiger partial charge in [-0.15, -0.1) is 10.3 Å². The molecule has 1 aliphatic heterocycles. The molecule has 0 aromatic heterocycles. The summed E-state index contributed by atoms with van der Waals surface area (Å²) in [6, 6.07) is 21.7. The number of carbonyl (C=O) groups is 3. The van der Waals surface area contributed by atoms with Crippen LogP contribution in [-0.2, 0) is 0 Å². The van der Waals surface area contributed by atoms with Crippen LogP contribution in [0.1, 0.15) is 27.0 Å². The summed E-state index contributed by atoms with van der Waals surface area (Å²) in [5.74, 6) is -0.359. The van der Waals surface area contributed by atoms with Crippen molar-refractivity contribution in [2.24, 2.45) is 0 Å². The van der Waals surface area contributed by atoms with Gasteiger partial charge in [-0.1, -0.05) is 82.5 Å². The van der Waals surface area contributed by atoms with Gasteiger partial charge >= 0.3 is 12.1 Å². The Morgan fingerprint density at radius 3 is 1.87 bits per heavy atom. The highest BCUT2D eigenvalue weighted by Crippen LogP contribution is 2.19. The zero-order valence-corrected chi connectivity index (χ0v) is 16.6. The van der Waals surface area contributed by atoms with Crippen LogP contribution in [0.15, 0.2) is 78.9 Å². The van der Waals surface area contributed by atoms with Crippen LogP contribution < -0.4 is 10.3 Å². The van der Waals surface area contributed by atoms with Crippen molar-refractivity contribution in [1.29, 1.82) is 0 Å². The maximum Gasteiger partial charge on any atom is 0.532 e. The summed E-state index contributed by atoms with van der Waals surface area (Å²) in [6.45, 7) is 3.87. The molecule has 1 saturated heterocycles. The number of imide groups is 1. The number of urea groups is 2. The van der Waals surface area contributed by atoms with Crippen molar-refractivity contribution >= 4 is 29.2 Å². The third kappa shape index (κ3) is 3.51. The van der Waals surface area contributed by atoms with Crippen molar-refractivity contribution in [3.63, 3.8) is 0 Å². The molecule has 1 N–H and O–H groups in total. The van der Waals surface area contributed by atoms with Crippen molar-refractivity contribution in [2.45, 2.75) is 13.8 Å². The van der Waals surface area contributed by atoms with Crippen LogP contribution in [-0.4, -0.2) is 28.2 Å². The number of hydrogen-bond acceptors (Lipinski definition) is 3. The number of aryl methyl sites for hydroxylation is 2. The second-order valence-corrected chi connectivity index (χ2v) is 7.12. The molecule has 0 radical (unpaired) electrons. The summed E-state index contributed by atoms with van der Waals surface area (Å²) in [5, 5.41) is 0. The predicted octanol–water partition coefficient (Wildman–Crippen LogP) is 4.25. The van der Waals surface area contributed by atoms with E-state index in [1.54, 1.807) is 54.6 Å². The molecular weight excluding hydrogens is 378 g/mol. The molecule has 0 unspecified atom stereocenters. The highest BCUT2D eigenvalue weighted by molar-refractivity contribution is 6.50. The third-order valence-electron chi connectivity index (χ3n) is 4.88. The number of rotatable bonds is 4. The highest BCUT2D eigenvalue weighted by Gasteiger charge is 2.47. The Morgan fingerprint density at radius 1 is 0.767 bits per heavy atom. The average Bonchev–Trinajstić information content (AvgIpc) is 3.04. The monoisotopic (exact) mass is 398 g/mol. The van der Waals surface area contributed by atoms with Crippen LogP contribution in [0.3, 0.4) is 0 Å². The van der Waals surface area contributed by atoms with E-state index in [1.165, 1.54) is 0 Å². The zero-order chi connectivity index (χ0) is 21.3. The first-order valence-corrected chi connectivity index (χ1v) is 9.51. The van der Waals surface area contributed by atoms with Crippen LogP contribution in [0.25, 0.3) is 0 Å². The molecule has 1 fully saturated rings. The maximum absolute atomic E-state index is 13.4. The smallest absolute Gasteiger partial charge is 0.284 e. The van der Waals surface area contributed by atoms with Crippen LogP contribution in [0.2, 0.25) is 0 Å². The predicted molar refractivity (Wildman–Crippen MR) is 114 cm³/mol. The van der Waals surface area contributed by atoms with E-state index in [-0.39, 0.29) is 11.5 Å². The molecule has 0 saturated carbocycles. The number of ketones is 1. The van der Waals surface area contributed by atoms with Gasteiger partial charge in [0.1, 0.15) is 5.69 Å². The van der Waals surface area contributed by atoms with Gasteiger partial charge in [-0.05, 0) is 26.0 Å². The number of Topliss-reactive ketones (excluding diaryl/α,β-unsaturated/α-hetero) is 1. The molecule has 0 spiro atoms. The topological polar surface area (TPSA) is 69.5 Å². The Kier molecular flexibility index (Phi) is 4.98. The molecule has 4 amide bonds. The number of nitrogens with zero attached hydrogens (tertiary/aromatic N) is 2. The number of para-hydroxylation sites is 1. The Hall–Kier alpha value is -4.06. The van der Waals surface area contributed by atoms with Gasteiger partial charge in [-0.3, -0.25) is 4.79 Å². The third-order valence-corrected chi connectivity index (χ3v) is 4.88. The van der Waals surface area contributed by atoms with Gasteiger partial charge in [-0.25, -0.2) is 4.79 Å². The van der Waals surface area contributed by atoms with Crippen molar-refractivity contribution in [3.8, 4) is 0 Å². The number of anilines is 1. The van der Waals surface area contributed by atoms with Crippen molar-refractivity contribution in [3.05, 3.63) is 101 Å². The second kappa shape index (κ2) is 7.75. The minimum atomic E-state index is -0.637. The van der Waals surface area contributed by atoms with E-state index >= 15 is 0 Å². The summed E-state index contributed by atoms with van der Waals surface area (Å²) < 4.78 is 1.03. The van der Waals surface area contributed by atoms with Crippen LogP contribution in [0.4, 0.5) is 15.3 Å². The minimum Gasteiger partial charge on any atom is -0.284 e. The molecule has 148 valence electrons. The number of hydrogen-bond donors (Lipinski definition) is 1. The lowest BCUT2D eigenvalue weighted by molar-refractivity contribution is -0.462. The lowest BCUT2D eigenvalue weighted by Gasteiger charge is -2.07. The standard InChI is InChI=1S/C24H19N3O3/c1-16-8-12-18(13-9-16)21(22(28)19-14-10-17(2)11-15-19)27-24(30)26(23(29)25-27)20-6-4-3-5-7-20/h3-15H,1-2H3/p+1. The van der Waals surface area contributed by atoms with Gasteiger partial charge in [0.25, 0.3) is 0 Å². The first kappa shape index (κ1) is 19.3. The van der Waals surface area contributed by atoms with E-state index in [2.05, 4.69) is 5.43 Å². The van der Waals surface area contributed by atoms with E-state index in [4.69, 9.17) is 0 Å². The molecule has 0 bridgehead atoms. The molecule has 6 heteroatoms. The van der Waals surface area contributed by atoms with Gasteiger partial charge in [0.15, 0.2) is 0 Å². The van der Waals surface area contributed by atoms with Gasteiger partial charge < -0.3 is 0 Å². The number of benzene rings is 3. The Balaban J connectivity index is 1.87. The number of hydrazine groups is 1. The van der Waals surface area contributed by atoms with Gasteiger partial charge in [0.2, 0.25) is 11.5 Å². The highest BCUT2D eigenvalue weighted by atomic mass is 16.2. The molecule has 4 rings (SSSR count). The van der Waals surface area contributed by atoms with E-state index in [1.807, 2.05) is 38.1 Å². The van der Waals surface area contributed by atoms with Crippen molar-refractivity contribution < 1.29 is 19.1 Å².